The molecule has 0 atom stereocenters. The van der Waals surface area contributed by atoms with E-state index in [2.05, 4.69) is 10.6 Å². The smallest absolute Gasteiger partial charge is 0.222 e. The first-order valence-corrected chi connectivity index (χ1v) is 7.23. The fourth-order valence-electron chi connectivity index (χ4n) is 1.86. The Morgan fingerprint density at radius 3 is 2.39 bits per heavy atom. The number of carbonyl (C=O) groups is 1. The highest BCUT2D eigenvalue weighted by Gasteiger charge is 2.13. The van der Waals surface area contributed by atoms with Crippen molar-refractivity contribution in [2.45, 2.75) is 13.0 Å². The number of anilines is 1. The SMILES string of the molecule is O=C(CCNc1ccc(F)c(F)c1F)NCc1ccc(Cl)cc1. The van der Waals surface area contributed by atoms with Gasteiger partial charge >= 0.3 is 0 Å². The van der Waals surface area contributed by atoms with E-state index in [1.807, 2.05) is 0 Å². The Bertz CT molecular complexity index is 692. The van der Waals surface area contributed by atoms with Crippen LogP contribution in [-0.2, 0) is 11.3 Å². The van der Waals surface area contributed by atoms with Gasteiger partial charge in [0.1, 0.15) is 0 Å². The largest absolute Gasteiger partial charge is 0.382 e. The molecule has 7 heteroatoms. The second-order valence-electron chi connectivity index (χ2n) is 4.80. The first kappa shape index (κ1) is 17.1. The molecule has 2 rings (SSSR count). The van der Waals surface area contributed by atoms with Crippen molar-refractivity contribution in [3.63, 3.8) is 0 Å². The van der Waals surface area contributed by atoms with Gasteiger partial charge in [-0.05, 0) is 29.8 Å². The number of hydrogen-bond acceptors (Lipinski definition) is 2. The van der Waals surface area contributed by atoms with E-state index < -0.39 is 17.5 Å². The zero-order chi connectivity index (χ0) is 16.8. The second kappa shape index (κ2) is 7.87. The summed E-state index contributed by atoms with van der Waals surface area (Å²) < 4.78 is 39.2. The summed E-state index contributed by atoms with van der Waals surface area (Å²) in [5, 5.41) is 5.86. The molecule has 3 nitrogen and oxygen atoms in total. The van der Waals surface area contributed by atoms with Crippen molar-refractivity contribution in [1.29, 1.82) is 0 Å². The summed E-state index contributed by atoms with van der Waals surface area (Å²) in [5.41, 5.74) is 0.705. The Labute approximate surface area is 136 Å². The van der Waals surface area contributed by atoms with Crippen LogP contribution in [0, 0.1) is 17.5 Å². The van der Waals surface area contributed by atoms with Crippen LogP contribution >= 0.6 is 11.6 Å². The maximum absolute atomic E-state index is 13.4. The van der Waals surface area contributed by atoms with Crippen molar-refractivity contribution < 1.29 is 18.0 Å². The number of amides is 1. The highest BCUT2D eigenvalue weighted by molar-refractivity contribution is 6.30. The molecule has 0 unspecified atom stereocenters. The molecule has 0 radical (unpaired) electrons. The molecular weight excluding hydrogens is 329 g/mol. The molecule has 0 saturated carbocycles. The van der Waals surface area contributed by atoms with Crippen LogP contribution in [0.2, 0.25) is 5.02 Å². The summed E-state index contributed by atoms with van der Waals surface area (Å²) in [6.45, 7) is 0.435. The van der Waals surface area contributed by atoms with Gasteiger partial charge in [-0.1, -0.05) is 23.7 Å². The van der Waals surface area contributed by atoms with E-state index in [-0.39, 0.29) is 24.6 Å². The fourth-order valence-corrected chi connectivity index (χ4v) is 1.99. The number of rotatable bonds is 6. The summed E-state index contributed by atoms with van der Waals surface area (Å²) in [6, 6.07) is 8.92. The van der Waals surface area contributed by atoms with Crippen molar-refractivity contribution in [1.82, 2.24) is 5.32 Å². The highest BCUT2D eigenvalue weighted by Crippen LogP contribution is 2.19. The zero-order valence-corrected chi connectivity index (χ0v) is 12.8. The van der Waals surface area contributed by atoms with Gasteiger partial charge in [-0.15, -0.1) is 0 Å². The average Bonchev–Trinajstić information content (AvgIpc) is 2.54. The lowest BCUT2D eigenvalue weighted by Crippen LogP contribution is -2.25. The summed E-state index contributed by atoms with van der Waals surface area (Å²) >= 11 is 5.76. The Morgan fingerprint density at radius 2 is 1.70 bits per heavy atom. The molecule has 23 heavy (non-hydrogen) atoms. The van der Waals surface area contributed by atoms with Crippen molar-refractivity contribution in [2.24, 2.45) is 0 Å². The number of hydrogen-bond donors (Lipinski definition) is 2. The monoisotopic (exact) mass is 342 g/mol. The maximum Gasteiger partial charge on any atom is 0.222 e. The molecule has 0 aromatic heterocycles. The van der Waals surface area contributed by atoms with Gasteiger partial charge in [0.05, 0.1) is 5.69 Å². The van der Waals surface area contributed by atoms with Gasteiger partial charge < -0.3 is 10.6 Å². The predicted molar refractivity (Wildman–Crippen MR) is 82.7 cm³/mol. The highest BCUT2D eigenvalue weighted by atomic mass is 35.5. The minimum absolute atomic E-state index is 0.0615. The van der Waals surface area contributed by atoms with Crippen molar-refractivity contribution in [3.05, 3.63) is 64.4 Å². The van der Waals surface area contributed by atoms with Crippen LogP contribution in [0.25, 0.3) is 0 Å². The van der Waals surface area contributed by atoms with Crippen LogP contribution in [0.4, 0.5) is 18.9 Å². The van der Waals surface area contributed by atoms with Gasteiger partial charge in [0.2, 0.25) is 5.91 Å². The van der Waals surface area contributed by atoms with Gasteiger partial charge in [0.25, 0.3) is 0 Å². The number of halogens is 4. The third-order valence-electron chi connectivity index (χ3n) is 3.11. The Hall–Kier alpha value is -2.21. The molecule has 122 valence electrons. The average molecular weight is 343 g/mol. The summed E-state index contributed by atoms with van der Waals surface area (Å²) in [4.78, 5) is 11.7. The number of benzene rings is 2. The first-order chi connectivity index (χ1) is 11.0. The molecular formula is C16H14ClF3N2O. The minimum Gasteiger partial charge on any atom is -0.382 e. The van der Waals surface area contributed by atoms with Crippen LogP contribution in [0.1, 0.15) is 12.0 Å². The minimum atomic E-state index is -1.54. The predicted octanol–water partition coefficient (Wildman–Crippen LogP) is 3.88. The lowest BCUT2D eigenvalue weighted by atomic mass is 10.2. The van der Waals surface area contributed by atoms with Crippen LogP contribution in [0.15, 0.2) is 36.4 Å². The van der Waals surface area contributed by atoms with Crippen LogP contribution in [0.5, 0.6) is 0 Å². The summed E-state index contributed by atoms with van der Waals surface area (Å²) in [7, 11) is 0. The molecule has 0 saturated heterocycles. The van der Waals surface area contributed by atoms with E-state index in [0.29, 0.717) is 11.6 Å². The van der Waals surface area contributed by atoms with E-state index in [0.717, 1.165) is 17.7 Å². The van der Waals surface area contributed by atoms with E-state index in [9.17, 15) is 18.0 Å². The third kappa shape index (κ3) is 4.89. The van der Waals surface area contributed by atoms with Gasteiger partial charge in [0, 0.05) is 24.5 Å². The molecule has 2 N–H and O–H groups in total. The molecule has 0 aliphatic rings. The Balaban J connectivity index is 1.77. The molecule has 0 fully saturated rings. The molecule has 0 aliphatic carbocycles. The molecule has 2 aromatic rings. The molecule has 0 spiro atoms. The van der Waals surface area contributed by atoms with Gasteiger partial charge in [-0.2, -0.15) is 0 Å². The fraction of sp³-hybridized carbons (Fsp3) is 0.188. The summed E-state index contributed by atoms with van der Waals surface area (Å²) in [5.74, 6) is -4.35. The number of carbonyl (C=O) groups excluding carboxylic acids is 1. The third-order valence-corrected chi connectivity index (χ3v) is 3.36. The van der Waals surface area contributed by atoms with E-state index in [4.69, 9.17) is 11.6 Å². The van der Waals surface area contributed by atoms with Gasteiger partial charge in [-0.3, -0.25) is 4.79 Å². The quantitative estimate of drug-likeness (QED) is 0.782. The van der Waals surface area contributed by atoms with E-state index >= 15 is 0 Å². The van der Waals surface area contributed by atoms with Crippen molar-refractivity contribution in [2.75, 3.05) is 11.9 Å². The number of nitrogens with one attached hydrogen (secondary N) is 2. The van der Waals surface area contributed by atoms with E-state index in [1.165, 1.54) is 0 Å². The lowest BCUT2D eigenvalue weighted by Gasteiger charge is -2.09. The molecule has 2 aromatic carbocycles. The summed E-state index contributed by atoms with van der Waals surface area (Å²) in [6.07, 6.45) is 0.0615. The maximum atomic E-state index is 13.4. The van der Waals surface area contributed by atoms with Crippen molar-refractivity contribution in [3.8, 4) is 0 Å². The lowest BCUT2D eigenvalue weighted by molar-refractivity contribution is -0.121. The van der Waals surface area contributed by atoms with Crippen LogP contribution in [-0.4, -0.2) is 12.5 Å². The normalized spacial score (nSPS) is 10.4. The first-order valence-electron chi connectivity index (χ1n) is 6.86. The Morgan fingerprint density at radius 1 is 1.00 bits per heavy atom. The second-order valence-corrected chi connectivity index (χ2v) is 5.24. The van der Waals surface area contributed by atoms with Crippen LogP contribution < -0.4 is 10.6 Å². The molecule has 0 heterocycles. The Kier molecular flexibility index (Phi) is 5.87. The molecule has 0 aliphatic heterocycles. The van der Waals surface area contributed by atoms with E-state index in [1.54, 1.807) is 24.3 Å². The van der Waals surface area contributed by atoms with Crippen LogP contribution in [0.3, 0.4) is 0 Å². The topological polar surface area (TPSA) is 41.1 Å². The van der Waals surface area contributed by atoms with Gasteiger partial charge in [0.15, 0.2) is 17.5 Å². The zero-order valence-electron chi connectivity index (χ0n) is 12.0. The standard InChI is InChI=1S/C16H14ClF3N2O/c17-11-3-1-10(2-4-11)9-22-14(23)7-8-21-13-6-5-12(18)15(19)16(13)20/h1-6,21H,7-9H2,(H,22,23). The van der Waals surface area contributed by atoms with Gasteiger partial charge in [-0.25, -0.2) is 13.2 Å². The molecule has 0 bridgehead atoms. The van der Waals surface area contributed by atoms with Crippen molar-refractivity contribution >= 4 is 23.2 Å². The molecule has 1 amide bonds.